The normalized spacial score (nSPS) is 15.0. The number of fused-ring (bicyclic) bond motifs is 1. The number of piperidine rings is 1. The quantitative estimate of drug-likeness (QED) is 0.723. The summed E-state index contributed by atoms with van der Waals surface area (Å²) in [6.45, 7) is 5.32. The first-order valence-corrected chi connectivity index (χ1v) is 9.68. The Bertz CT molecular complexity index is 1030. The summed E-state index contributed by atoms with van der Waals surface area (Å²) >= 11 is 0. The van der Waals surface area contributed by atoms with Crippen molar-refractivity contribution < 1.29 is 4.79 Å². The summed E-state index contributed by atoms with van der Waals surface area (Å²) in [7, 11) is 0. The van der Waals surface area contributed by atoms with Crippen LogP contribution < -0.4 is 10.9 Å². The van der Waals surface area contributed by atoms with Crippen LogP contribution in [0.4, 0.5) is 0 Å². The molecule has 1 aliphatic heterocycles. The number of likely N-dealkylation sites (tertiary alicyclic amines) is 1. The SMILES string of the molecule is Cc1cc(=O)n2c(cc(C(=O)NCCN3CCCCC3)n2-c2ccccn2)n1. The van der Waals surface area contributed by atoms with Crippen LogP contribution in [0.15, 0.2) is 41.3 Å². The first-order valence-electron chi connectivity index (χ1n) is 9.68. The van der Waals surface area contributed by atoms with Gasteiger partial charge in [0.05, 0.1) is 0 Å². The number of nitrogens with one attached hydrogen (secondary N) is 1. The number of amides is 1. The molecule has 1 saturated heterocycles. The third-order valence-corrected chi connectivity index (χ3v) is 5.00. The van der Waals surface area contributed by atoms with E-state index in [1.165, 1.54) is 34.5 Å². The number of pyridine rings is 1. The number of rotatable bonds is 5. The predicted octanol–water partition coefficient (Wildman–Crippen LogP) is 1.40. The third-order valence-electron chi connectivity index (χ3n) is 5.00. The minimum atomic E-state index is -0.250. The van der Waals surface area contributed by atoms with Crippen LogP contribution in [0.1, 0.15) is 35.4 Å². The Balaban J connectivity index is 1.64. The fourth-order valence-electron chi connectivity index (χ4n) is 3.67. The minimum absolute atomic E-state index is 0.245. The van der Waals surface area contributed by atoms with E-state index in [1.807, 2.05) is 6.07 Å². The van der Waals surface area contributed by atoms with Gasteiger partial charge in [-0.15, -0.1) is 0 Å². The van der Waals surface area contributed by atoms with Crippen LogP contribution in [0.25, 0.3) is 11.5 Å². The molecule has 28 heavy (non-hydrogen) atoms. The Morgan fingerprint density at radius 2 is 2.00 bits per heavy atom. The van der Waals surface area contributed by atoms with Crippen LogP contribution in [0.2, 0.25) is 0 Å². The van der Waals surface area contributed by atoms with E-state index in [1.54, 1.807) is 31.3 Å². The molecule has 8 heteroatoms. The zero-order valence-electron chi connectivity index (χ0n) is 16.0. The topological polar surface area (TPSA) is 84.5 Å². The molecule has 1 amide bonds. The number of carbonyl (C=O) groups excluding carboxylic acids is 1. The highest BCUT2D eigenvalue weighted by molar-refractivity contribution is 5.94. The fourth-order valence-corrected chi connectivity index (χ4v) is 3.67. The van der Waals surface area contributed by atoms with Gasteiger partial charge in [0, 0.05) is 37.1 Å². The zero-order chi connectivity index (χ0) is 19.5. The number of hydrogen-bond donors (Lipinski definition) is 1. The summed E-state index contributed by atoms with van der Waals surface area (Å²) in [5, 5.41) is 2.98. The minimum Gasteiger partial charge on any atom is -0.349 e. The van der Waals surface area contributed by atoms with E-state index in [9.17, 15) is 9.59 Å². The van der Waals surface area contributed by atoms with E-state index >= 15 is 0 Å². The van der Waals surface area contributed by atoms with Gasteiger partial charge in [0.25, 0.3) is 11.5 Å². The second-order valence-corrected chi connectivity index (χ2v) is 7.09. The lowest BCUT2D eigenvalue weighted by molar-refractivity contribution is 0.0938. The van der Waals surface area contributed by atoms with Gasteiger partial charge in [0.15, 0.2) is 11.5 Å². The van der Waals surface area contributed by atoms with E-state index in [2.05, 4.69) is 20.2 Å². The highest BCUT2D eigenvalue weighted by Gasteiger charge is 2.20. The molecule has 0 unspecified atom stereocenters. The molecule has 0 aliphatic carbocycles. The second-order valence-electron chi connectivity index (χ2n) is 7.09. The van der Waals surface area contributed by atoms with Crippen molar-refractivity contribution >= 4 is 11.6 Å². The van der Waals surface area contributed by atoms with E-state index < -0.39 is 0 Å². The van der Waals surface area contributed by atoms with Crippen molar-refractivity contribution in [2.75, 3.05) is 26.2 Å². The number of carbonyl (C=O) groups is 1. The standard InChI is InChI=1S/C20H24N6O2/c1-15-13-19(27)26-18(23-15)14-16(25(26)17-7-3-4-8-21-17)20(28)22-9-12-24-10-5-2-6-11-24/h3-4,7-8,13-14H,2,5-6,9-12H2,1H3,(H,22,28). The number of nitrogens with zero attached hydrogens (tertiary/aromatic N) is 5. The first-order chi connectivity index (χ1) is 13.6. The molecule has 1 N–H and O–H groups in total. The smallest absolute Gasteiger partial charge is 0.273 e. The molecule has 8 nitrogen and oxygen atoms in total. The Labute approximate surface area is 162 Å². The number of hydrogen-bond acceptors (Lipinski definition) is 5. The van der Waals surface area contributed by atoms with Crippen LogP contribution >= 0.6 is 0 Å². The second kappa shape index (κ2) is 7.93. The summed E-state index contributed by atoms with van der Waals surface area (Å²) in [6, 6.07) is 8.46. The van der Waals surface area contributed by atoms with Gasteiger partial charge in [0.1, 0.15) is 5.69 Å². The number of aryl methyl sites for hydroxylation is 1. The summed E-state index contributed by atoms with van der Waals surface area (Å²) in [6.07, 6.45) is 5.35. The van der Waals surface area contributed by atoms with Crippen LogP contribution in [0.5, 0.6) is 0 Å². The molecule has 0 radical (unpaired) electrons. The third kappa shape index (κ3) is 3.68. The fraction of sp³-hybridized carbons (Fsp3) is 0.400. The van der Waals surface area contributed by atoms with Crippen molar-refractivity contribution in [1.29, 1.82) is 0 Å². The first kappa shape index (κ1) is 18.4. The predicted molar refractivity (Wildman–Crippen MR) is 106 cm³/mol. The maximum absolute atomic E-state index is 12.9. The summed E-state index contributed by atoms with van der Waals surface area (Å²) in [4.78, 5) is 36.6. The largest absolute Gasteiger partial charge is 0.349 e. The summed E-state index contributed by atoms with van der Waals surface area (Å²) in [5.41, 5.74) is 1.13. The highest BCUT2D eigenvalue weighted by Crippen LogP contribution is 2.13. The molecular weight excluding hydrogens is 356 g/mol. The average molecular weight is 380 g/mol. The van der Waals surface area contributed by atoms with E-state index in [4.69, 9.17) is 0 Å². The van der Waals surface area contributed by atoms with Gasteiger partial charge < -0.3 is 10.2 Å². The lowest BCUT2D eigenvalue weighted by Gasteiger charge is -2.26. The van der Waals surface area contributed by atoms with Crippen LogP contribution in [-0.2, 0) is 0 Å². The van der Waals surface area contributed by atoms with Crippen LogP contribution in [0, 0.1) is 6.92 Å². The van der Waals surface area contributed by atoms with Gasteiger partial charge >= 0.3 is 0 Å². The molecule has 146 valence electrons. The molecule has 4 rings (SSSR count). The van der Waals surface area contributed by atoms with Crippen LogP contribution in [0.3, 0.4) is 0 Å². The molecule has 0 aromatic carbocycles. The van der Waals surface area contributed by atoms with Gasteiger partial charge in [0.2, 0.25) is 0 Å². The molecular formula is C20H24N6O2. The van der Waals surface area contributed by atoms with Gasteiger partial charge in [-0.05, 0) is 45.0 Å². The molecule has 1 fully saturated rings. The monoisotopic (exact) mass is 380 g/mol. The van der Waals surface area contributed by atoms with Crippen molar-refractivity contribution in [3.8, 4) is 5.82 Å². The molecule has 4 heterocycles. The van der Waals surface area contributed by atoms with Gasteiger partial charge in [-0.25, -0.2) is 14.6 Å². The van der Waals surface area contributed by atoms with Crippen molar-refractivity contribution in [2.24, 2.45) is 0 Å². The van der Waals surface area contributed by atoms with Crippen molar-refractivity contribution in [3.63, 3.8) is 0 Å². The highest BCUT2D eigenvalue weighted by atomic mass is 16.2. The maximum Gasteiger partial charge on any atom is 0.273 e. The lowest BCUT2D eigenvalue weighted by Crippen LogP contribution is -2.38. The Kier molecular flexibility index (Phi) is 5.21. The van der Waals surface area contributed by atoms with Crippen molar-refractivity contribution in [2.45, 2.75) is 26.2 Å². The van der Waals surface area contributed by atoms with E-state index in [-0.39, 0.29) is 11.5 Å². The maximum atomic E-state index is 12.9. The van der Waals surface area contributed by atoms with Gasteiger partial charge in [-0.2, -0.15) is 4.52 Å². The Morgan fingerprint density at radius 3 is 2.75 bits per heavy atom. The molecule has 1 aliphatic rings. The molecule has 0 spiro atoms. The molecule has 0 saturated carbocycles. The van der Waals surface area contributed by atoms with Crippen molar-refractivity contribution in [1.82, 2.24) is 29.4 Å². The molecule has 0 atom stereocenters. The zero-order valence-corrected chi connectivity index (χ0v) is 16.0. The van der Waals surface area contributed by atoms with Gasteiger partial charge in [-0.1, -0.05) is 12.5 Å². The van der Waals surface area contributed by atoms with E-state index in [0.717, 1.165) is 19.6 Å². The van der Waals surface area contributed by atoms with Gasteiger partial charge in [-0.3, -0.25) is 9.59 Å². The molecule has 3 aromatic heterocycles. The van der Waals surface area contributed by atoms with Crippen LogP contribution in [-0.4, -0.2) is 56.2 Å². The number of aromatic nitrogens is 4. The summed E-state index contributed by atoms with van der Waals surface area (Å²) < 4.78 is 2.91. The molecule has 0 bridgehead atoms. The van der Waals surface area contributed by atoms with Crippen molar-refractivity contribution in [3.05, 3.63) is 58.3 Å². The Hall–Kier alpha value is -3.00. The average Bonchev–Trinajstić information content (AvgIpc) is 3.09. The van der Waals surface area contributed by atoms with E-state index in [0.29, 0.717) is 29.4 Å². The lowest BCUT2D eigenvalue weighted by atomic mass is 10.1. The molecule has 3 aromatic rings. The summed E-state index contributed by atoms with van der Waals surface area (Å²) in [5.74, 6) is 0.247. The Morgan fingerprint density at radius 1 is 1.18 bits per heavy atom.